The van der Waals surface area contributed by atoms with Crippen LogP contribution in [0.1, 0.15) is 56.4 Å². The lowest BCUT2D eigenvalue weighted by molar-refractivity contribution is -0.897. The maximum Gasteiger partial charge on any atom is 0.275 e. The van der Waals surface area contributed by atoms with Crippen molar-refractivity contribution >= 4 is 27.5 Å². The number of rotatable bonds is 4. The zero-order chi connectivity index (χ0) is 17.9. The molecule has 2 N–H and O–H groups in total. The monoisotopic (exact) mass is 372 g/mol. The molecule has 1 saturated carbocycles. The molecule has 1 amide bonds. The number of nitrogens with one attached hydrogen (secondary N) is 2. The van der Waals surface area contributed by atoms with Crippen LogP contribution in [0.2, 0.25) is 0 Å². The average molecular weight is 373 g/mol. The molecular formula is C21H30N3OS+. The van der Waals surface area contributed by atoms with Gasteiger partial charge in [0.25, 0.3) is 5.91 Å². The summed E-state index contributed by atoms with van der Waals surface area (Å²) in [6.07, 6.45) is 7.27. The highest BCUT2D eigenvalue weighted by Crippen LogP contribution is 2.31. The lowest BCUT2D eigenvalue weighted by atomic mass is 9.86. The van der Waals surface area contributed by atoms with E-state index in [1.54, 1.807) is 0 Å². The lowest BCUT2D eigenvalue weighted by Crippen LogP contribution is -3.14. The van der Waals surface area contributed by atoms with E-state index in [-0.39, 0.29) is 5.91 Å². The minimum atomic E-state index is 0.247. The molecule has 4 nitrogen and oxygen atoms in total. The first-order chi connectivity index (χ1) is 12.7. The highest BCUT2D eigenvalue weighted by molar-refractivity contribution is 7.18. The van der Waals surface area contributed by atoms with E-state index in [9.17, 15) is 4.79 Å². The molecule has 1 aromatic carbocycles. The highest BCUT2D eigenvalue weighted by atomic mass is 32.1. The van der Waals surface area contributed by atoms with Gasteiger partial charge in [-0.3, -0.25) is 4.79 Å². The number of hydrogen-bond acceptors (Lipinski definition) is 3. The Kier molecular flexibility index (Phi) is 5.55. The number of benzene rings is 1. The molecule has 2 aromatic rings. The summed E-state index contributed by atoms with van der Waals surface area (Å²) in [4.78, 5) is 18.7. The van der Waals surface area contributed by atoms with Gasteiger partial charge < -0.3 is 10.2 Å². The molecule has 0 radical (unpaired) electrons. The Morgan fingerprint density at radius 3 is 2.73 bits per heavy atom. The molecule has 2 heterocycles. The minimum absolute atomic E-state index is 0.247. The Morgan fingerprint density at radius 1 is 1.19 bits per heavy atom. The third-order valence-electron chi connectivity index (χ3n) is 6.22. The zero-order valence-electron chi connectivity index (χ0n) is 15.7. The number of nitrogens with zero attached hydrogens (tertiary/aromatic N) is 1. The van der Waals surface area contributed by atoms with Crippen LogP contribution in [0.3, 0.4) is 0 Å². The van der Waals surface area contributed by atoms with E-state index < -0.39 is 0 Å². The number of piperidine rings is 1. The van der Waals surface area contributed by atoms with Gasteiger partial charge in [0.2, 0.25) is 0 Å². The van der Waals surface area contributed by atoms with E-state index in [2.05, 4.69) is 36.5 Å². The van der Waals surface area contributed by atoms with Crippen molar-refractivity contribution in [3.63, 3.8) is 0 Å². The summed E-state index contributed by atoms with van der Waals surface area (Å²) >= 11 is 1.84. The van der Waals surface area contributed by atoms with Crippen LogP contribution in [0, 0.1) is 5.92 Å². The number of hydrogen-bond donors (Lipinski definition) is 2. The van der Waals surface area contributed by atoms with E-state index in [1.807, 2.05) is 11.3 Å². The number of quaternary nitrogens is 1. The van der Waals surface area contributed by atoms with Crippen LogP contribution in [0.4, 0.5) is 0 Å². The summed E-state index contributed by atoms with van der Waals surface area (Å²) in [6, 6.07) is 8.81. The second kappa shape index (κ2) is 8.05. The first-order valence-corrected chi connectivity index (χ1v) is 11.0. The molecule has 2 atom stereocenters. The van der Waals surface area contributed by atoms with Gasteiger partial charge in [-0.2, -0.15) is 0 Å². The molecule has 26 heavy (non-hydrogen) atoms. The number of thiazole rings is 1. The predicted molar refractivity (Wildman–Crippen MR) is 107 cm³/mol. The topological polar surface area (TPSA) is 46.4 Å². The SMILES string of the molecule is C[C@@H]1CCCC[C@@H]1NC(=O)C[NH+]1CCC(c2nc3ccccc3s2)CC1. The molecule has 1 aromatic heterocycles. The Bertz CT molecular complexity index is 718. The van der Waals surface area contributed by atoms with Crippen LogP contribution in [-0.4, -0.2) is 36.6 Å². The standard InChI is InChI=1S/C21H29N3OS/c1-15-6-2-3-7-17(15)22-20(25)14-24-12-10-16(11-13-24)21-23-18-8-4-5-9-19(18)26-21/h4-5,8-9,15-17H,2-3,6-7,10-14H2,1H3,(H,22,25)/p+1/t15-,17+/m1/s1. The fourth-order valence-electron chi connectivity index (χ4n) is 4.53. The van der Waals surface area contributed by atoms with E-state index >= 15 is 0 Å². The number of carbonyl (C=O) groups is 1. The van der Waals surface area contributed by atoms with Crippen LogP contribution in [-0.2, 0) is 4.79 Å². The molecule has 1 aliphatic carbocycles. The number of carbonyl (C=O) groups excluding carboxylic acids is 1. The van der Waals surface area contributed by atoms with Gasteiger partial charge in [0.05, 0.1) is 28.3 Å². The largest absolute Gasteiger partial charge is 0.348 e. The third-order valence-corrected chi connectivity index (χ3v) is 7.42. The quantitative estimate of drug-likeness (QED) is 0.867. The van der Waals surface area contributed by atoms with Gasteiger partial charge >= 0.3 is 0 Å². The average Bonchev–Trinajstić information content (AvgIpc) is 3.08. The molecular weight excluding hydrogens is 342 g/mol. The predicted octanol–water partition coefficient (Wildman–Crippen LogP) is 2.75. The molecule has 1 saturated heterocycles. The fourth-order valence-corrected chi connectivity index (χ4v) is 5.67. The summed E-state index contributed by atoms with van der Waals surface area (Å²) in [5.41, 5.74) is 1.13. The Hall–Kier alpha value is -1.46. The van der Waals surface area contributed by atoms with Crippen LogP contribution in [0.25, 0.3) is 10.2 Å². The van der Waals surface area contributed by atoms with Crippen molar-refractivity contribution in [2.75, 3.05) is 19.6 Å². The first-order valence-electron chi connectivity index (χ1n) is 10.2. The Morgan fingerprint density at radius 2 is 1.96 bits per heavy atom. The van der Waals surface area contributed by atoms with Gasteiger partial charge in [-0.25, -0.2) is 4.98 Å². The number of aromatic nitrogens is 1. The van der Waals surface area contributed by atoms with Crippen molar-refractivity contribution in [2.24, 2.45) is 5.92 Å². The Labute approximate surface area is 160 Å². The molecule has 140 valence electrons. The summed E-state index contributed by atoms with van der Waals surface area (Å²) in [6.45, 7) is 5.07. The summed E-state index contributed by atoms with van der Waals surface area (Å²) < 4.78 is 1.29. The maximum absolute atomic E-state index is 12.5. The molecule has 0 bridgehead atoms. The number of amides is 1. The molecule has 1 aliphatic heterocycles. The van der Waals surface area contributed by atoms with Crippen LogP contribution in [0.15, 0.2) is 24.3 Å². The number of para-hydroxylation sites is 1. The van der Waals surface area contributed by atoms with Crippen molar-refractivity contribution < 1.29 is 9.69 Å². The maximum atomic E-state index is 12.5. The van der Waals surface area contributed by atoms with Crippen molar-refractivity contribution in [3.8, 4) is 0 Å². The molecule has 4 rings (SSSR count). The van der Waals surface area contributed by atoms with Crippen molar-refractivity contribution in [3.05, 3.63) is 29.3 Å². The number of fused-ring (bicyclic) bond motifs is 1. The van der Waals surface area contributed by atoms with Crippen molar-refractivity contribution in [2.45, 2.75) is 57.4 Å². The molecule has 0 unspecified atom stereocenters. The lowest BCUT2D eigenvalue weighted by Gasteiger charge is -2.31. The van der Waals surface area contributed by atoms with Crippen molar-refractivity contribution in [1.29, 1.82) is 0 Å². The van der Waals surface area contributed by atoms with Gasteiger partial charge in [-0.1, -0.05) is 31.9 Å². The summed E-state index contributed by atoms with van der Waals surface area (Å²) in [5.74, 6) is 1.45. The molecule has 0 spiro atoms. The third kappa shape index (κ3) is 4.09. The van der Waals surface area contributed by atoms with Crippen LogP contribution >= 0.6 is 11.3 Å². The van der Waals surface area contributed by atoms with Gasteiger partial charge in [0.1, 0.15) is 0 Å². The van der Waals surface area contributed by atoms with Gasteiger partial charge in [0, 0.05) is 24.8 Å². The van der Waals surface area contributed by atoms with Gasteiger partial charge in [0.15, 0.2) is 6.54 Å². The fraction of sp³-hybridized carbons (Fsp3) is 0.619. The first kappa shape index (κ1) is 17.9. The Balaban J connectivity index is 1.27. The van der Waals surface area contributed by atoms with Crippen LogP contribution in [0.5, 0.6) is 0 Å². The summed E-state index contributed by atoms with van der Waals surface area (Å²) in [7, 11) is 0. The smallest absolute Gasteiger partial charge is 0.275 e. The van der Waals surface area contributed by atoms with E-state index in [0.717, 1.165) is 37.9 Å². The molecule has 2 aliphatic rings. The van der Waals surface area contributed by atoms with Gasteiger partial charge in [-0.05, 0) is 30.9 Å². The second-order valence-electron chi connectivity index (χ2n) is 8.16. The van der Waals surface area contributed by atoms with E-state index in [1.165, 1.54) is 33.9 Å². The van der Waals surface area contributed by atoms with Crippen LogP contribution < -0.4 is 10.2 Å². The zero-order valence-corrected chi connectivity index (χ0v) is 16.5. The summed E-state index contributed by atoms with van der Waals surface area (Å²) in [5, 5.41) is 4.59. The van der Waals surface area contributed by atoms with Gasteiger partial charge in [-0.15, -0.1) is 11.3 Å². The highest BCUT2D eigenvalue weighted by Gasteiger charge is 2.28. The number of likely N-dealkylation sites (tertiary alicyclic amines) is 1. The molecule has 5 heteroatoms. The normalized spacial score (nSPS) is 29.6. The van der Waals surface area contributed by atoms with E-state index in [0.29, 0.717) is 24.4 Å². The minimum Gasteiger partial charge on any atom is -0.348 e. The second-order valence-corrected chi connectivity index (χ2v) is 9.22. The van der Waals surface area contributed by atoms with Crippen molar-refractivity contribution in [1.82, 2.24) is 10.3 Å². The van der Waals surface area contributed by atoms with E-state index in [4.69, 9.17) is 4.98 Å². The molecule has 2 fully saturated rings.